The third kappa shape index (κ3) is 1.76. The van der Waals surface area contributed by atoms with Gasteiger partial charge in [0, 0.05) is 16.7 Å². The highest BCUT2D eigenvalue weighted by molar-refractivity contribution is 9.10. The van der Waals surface area contributed by atoms with E-state index in [2.05, 4.69) is 25.7 Å². The monoisotopic (exact) mass is 237 g/mol. The van der Waals surface area contributed by atoms with Crippen molar-refractivity contribution in [2.45, 2.75) is 6.08 Å². The number of hydrogen-bond donors (Lipinski definition) is 0. The summed E-state index contributed by atoms with van der Waals surface area (Å²) >= 11 is 2.89. The molecule has 4 heteroatoms. The quantitative estimate of drug-likeness (QED) is 0.784. The molecule has 1 fully saturated rings. The molecular formula is C8H8BrNO2. The van der Waals surface area contributed by atoms with Gasteiger partial charge in [-0.25, -0.2) is 4.98 Å². The minimum Gasteiger partial charge on any atom is -0.469 e. The Morgan fingerprint density at radius 2 is 2.75 bits per heavy atom. The van der Waals surface area contributed by atoms with Gasteiger partial charge in [-0.05, 0) is 6.04 Å². The van der Waals surface area contributed by atoms with Gasteiger partial charge in [0.15, 0.2) is 0 Å². The van der Waals surface area contributed by atoms with E-state index < -0.39 is 37.3 Å². The van der Waals surface area contributed by atoms with E-state index in [-0.39, 0.29) is 10.5 Å². The first kappa shape index (κ1) is 2.96. The highest BCUT2D eigenvalue weighted by Gasteiger charge is 2.20. The van der Waals surface area contributed by atoms with Crippen molar-refractivity contribution in [1.29, 1.82) is 0 Å². The lowest BCUT2D eigenvalue weighted by molar-refractivity contribution is -0.0813. The lowest BCUT2D eigenvalue weighted by Crippen LogP contribution is -2.38. The molecule has 64 valence electrons. The van der Waals surface area contributed by atoms with Crippen LogP contribution in [0.15, 0.2) is 22.7 Å². The lowest BCUT2D eigenvalue weighted by Gasteiger charge is -2.25. The van der Waals surface area contributed by atoms with Gasteiger partial charge >= 0.3 is 0 Å². The number of ether oxygens (including phenoxy) is 2. The maximum absolute atomic E-state index is 7.75. The minimum absolute atomic E-state index is 0.113. The molecule has 0 aliphatic carbocycles. The van der Waals surface area contributed by atoms with Gasteiger partial charge in [0.25, 0.3) is 0 Å². The van der Waals surface area contributed by atoms with Gasteiger partial charge in [-0.2, -0.15) is 0 Å². The zero-order valence-electron chi connectivity index (χ0n) is 13.6. The lowest BCUT2D eigenvalue weighted by atomic mass is 10.3. The summed E-state index contributed by atoms with van der Waals surface area (Å²) in [6.45, 7) is -5.47. The predicted molar refractivity (Wildman–Crippen MR) is 47.2 cm³/mol. The van der Waals surface area contributed by atoms with E-state index in [0.29, 0.717) is 0 Å². The van der Waals surface area contributed by atoms with E-state index >= 15 is 0 Å². The molecule has 1 aliphatic rings. The van der Waals surface area contributed by atoms with E-state index in [9.17, 15) is 0 Å². The first-order valence-electron chi connectivity index (χ1n) is 6.95. The summed E-state index contributed by atoms with van der Waals surface area (Å²) in [6.07, 6.45) is -3.31. The largest absolute Gasteiger partial charge is 0.469 e. The Bertz CT molecular complexity index is 566. The highest BCUT2D eigenvalue weighted by atomic mass is 79.9. The number of rotatable bonds is 2. The third-order valence-corrected chi connectivity index (χ3v) is 1.42. The Balaban J connectivity index is 2.45. The molecular weight excluding hydrogens is 222 g/mol. The van der Waals surface area contributed by atoms with Crippen molar-refractivity contribution in [2.24, 2.45) is 0 Å². The van der Waals surface area contributed by atoms with E-state index in [1.807, 2.05) is 0 Å². The number of pyridine rings is 1. The molecule has 2 heterocycles. The number of hydrogen-bond acceptors (Lipinski definition) is 3. The fraction of sp³-hybridized carbons (Fsp3) is 0.375. The zero-order valence-corrected chi connectivity index (χ0v) is 7.23. The van der Waals surface area contributed by atoms with Crippen LogP contribution in [0.5, 0.6) is 5.88 Å². The summed E-state index contributed by atoms with van der Waals surface area (Å²) in [5.41, 5.74) is 0. The molecule has 0 spiro atoms. The summed E-state index contributed by atoms with van der Waals surface area (Å²) in [6, 6.07) is -0.839. The van der Waals surface area contributed by atoms with E-state index in [0.717, 1.165) is 0 Å². The van der Waals surface area contributed by atoms with E-state index in [1.165, 1.54) is 0 Å². The zero-order chi connectivity index (χ0) is 15.5. The molecule has 0 atom stereocenters. The molecule has 0 unspecified atom stereocenters. The van der Waals surface area contributed by atoms with Crippen LogP contribution < -0.4 is 4.74 Å². The van der Waals surface area contributed by atoms with Gasteiger partial charge in [0.1, 0.15) is 6.08 Å². The number of aromatic nitrogens is 1. The Kier molecular flexibility index (Phi) is 0.840. The SMILES string of the molecule is [2H]c1nc(OC2([2H])C([2H])([2H])OC2([2H])[2H])c([2H])c(Br)c1[2H]. The Labute approximate surface area is 90.1 Å². The summed E-state index contributed by atoms with van der Waals surface area (Å²) < 4.78 is 68.7. The summed E-state index contributed by atoms with van der Waals surface area (Å²) in [5.74, 6) is -0.621. The molecule has 12 heavy (non-hydrogen) atoms. The fourth-order valence-corrected chi connectivity index (χ4v) is 0.819. The van der Waals surface area contributed by atoms with Crippen LogP contribution in [0.25, 0.3) is 0 Å². The molecule has 3 nitrogen and oxygen atoms in total. The van der Waals surface area contributed by atoms with Gasteiger partial charge in [0.2, 0.25) is 5.88 Å². The smallest absolute Gasteiger partial charge is 0.214 e. The van der Waals surface area contributed by atoms with Crippen LogP contribution in [0.3, 0.4) is 0 Å². The van der Waals surface area contributed by atoms with E-state index in [4.69, 9.17) is 15.7 Å². The molecule has 0 aromatic carbocycles. The second-order valence-electron chi connectivity index (χ2n) is 1.83. The predicted octanol–water partition coefficient (Wildman–Crippen LogP) is 1.62. The van der Waals surface area contributed by atoms with Crippen molar-refractivity contribution in [3.63, 3.8) is 0 Å². The number of halogens is 1. The summed E-state index contributed by atoms with van der Waals surface area (Å²) in [5, 5.41) is 0. The van der Waals surface area contributed by atoms with Crippen LogP contribution in [0.4, 0.5) is 0 Å². The van der Waals surface area contributed by atoms with Crippen LogP contribution in [0.1, 0.15) is 11.0 Å². The molecule has 0 saturated carbocycles. The van der Waals surface area contributed by atoms with Crippen LogP contribution >= 0.6 is 15.9 Å². The summed E-state index contributed by atoms with van der Waals surface area (Å²) in [4.78, 5) is 3.46. The van der Waals surface area contributed by atoms with E-state index in [1.54, 1.807) is 0 Å². The molecule has 0 amide bonds. The van der Waals surface area contributed by atoms with Crippen molar-refractivity contribution < 1.29 is 20.4 Å². The van der Waals surface area contributed by atoms with Gasteiger partial charge < -0.3 is 9.47 Å². The average molecular weight is 238 g/mol. The molecule has 0 radical (unpaired) electrons. The first-order valence-corrected chi connectivity index (χ1v) is 3.75. The van der Waals surface area contributed by atoms with Crippen molar-refractivity contribution in [3.8, 4) is 5.88 Å². The number of nitrogens with zero attached hydrogens (tertiary/aromatic N) is 1. The molecule has 0 bridgehead atoms. The van der Waals surface area contributed by atoms with Crippen molar-refractivity contribution >= 4 is 15.9 Å². The van der Waals surface area contributed by atoms with Crippen LogP contribution in [0.2, 0.25) is 0 Å². The van der Waals surface area contributed by atoms with Gasteiger partial charge in [-0.15, -0.1) is 0 Å². The maximum atomic E-state index is 7.75. The third-order valence-electron chi connectivity index (χ3n) is 1.03. The molecule has 2 rings (SSSR count). The van der Waals surface area contributed by atoms with Crippen LogP contribution in [0, 0.1) is 0 Å². The second kappa shape index (κ2) is 3.41. The van der Waals surface area contributed by atoms with Gasteiger partial charge in [0.05, 0.1) is 24.1 Å². The molecule has 1 aromatic heterocycles. The minimum atomic E-state index is -2.77. The molecule has 1 aliphatic heterocycles. The normalized spacial score (nSPS) is 37.8. The van der Waals surface area contributed by atoms with Crippen molar-refractivity contribution in [2.75, 3.05) is 13.1 Å². The Hall–Kier alpha value is -0.610. The van der Waals surface area contributed by atoms with Crippen LogP contribution in [-0.4, -0.2) is 24.2 Å². The fourth-order valence-electron chi connectivity index (χ4n) is 0.560. The Morgan fingerprint density at radius 3 is 3.50 bits per heavy atom. The molecule has 0 N–H and O–H groups in total. The van der Waals surface area contributed by atoms with Gasteiger partial charge in [-0.1, -0.05) is 15.9 Å². The Morgan fingerprint density at radius 1 is 1.92 bits per heavy atom. The average Bonchev–Trinajstić information content (AvgIpc) is 2.31. The maximum Gasteiger partial charge on any atom is 0.214 e. The topological polar surface area (TPSA) is 31.4 Å². The highest BCUT2D eigenvalue weighted by Crippen LogP contribution is 2.17. The first-order chi connectivity index (χ1) is 8.93. The second-order valence-corrected chi connectivity index (χ2v) is 2.62. The standard InChI is InChI=1S/C8H8BrNO2/c9-6-1-2-10-8(3-6)12-7-4-11-5-7/h1-3,7H,4-5H2/i1D,2D,3D,4D2,5D2,7D. The van der Waals surface area contributed by atoms with Crippen molar-refractivity contribution in [1.82, 2.24) is 4.98 Å². The van der Waals surface area contributed by atoms with Crippen LogP contribution in [-0.2, 0) is 4.74 Å². The molecule has 1 saturated heterocycles. The summed E-state index contributed by atoms with van der Waals surface area (Å²) in [7, 11) is 0. The molecule has 1 aromatic rings. The van der Waals surface area contributed by atoms with Gasteiger partial charge in [-0.3, -0.25) is 0 Å². The van der Waals surface area contributed by atoms with Crippen molar-refractivity contribution in [3.05, 3.63) is 22.7 Å².